The summed E-state index contributed by atoms with van der Waals surface area (Å²) in [6.07, 6.45) is 0.286. The number of nitrogens with two attached hydrogens (primary N) is 1. The Balaban J connectivity index is 3.29. The van der Waals surface area contributed by atoms with Gasteiger partial charge in [0.2, 0.25) is 5.91 Å². The molecule has 0 unspecified atom stereocenters. The Bertz CT molecular complexity index is 562. The second kappa shape index (κ2) is 7.21. The number of carbonyl (C=O) groups excluding carboxylic acids is 3. The second-order valence-corrected chi connectivity index (χ2v) is 5.52. The summed E-state index contributed by atoms with van der Waals surface area (Å²) in [4.78, 5) is 37.7. The van der Waals surface area contributed by atoms with Crippen LogP contribution < -0.4 is 11.1 Å². The Kier molecular flexibility index (Phi) is 5.90. The summed E-state index contributed by atoms with van der Waals surface area (Å²) in [5, 5.41) is 2.99. The van der Waals surface area contributed by atoms with Gasteiger partial charge < -0.3 is 16.0 Å². The minimum Gasteiger partial charge on any atom is -0.365 e. The summed E-state index contributed by atoms with van der Waals surface area (Å²) in [5.74, 6) is -1.02. The minimum atomic E-state index is -0.645. The van der Waals surface area contributed by atoms with Crippen LogP contribution in [0, 0.1) is 6.92 Å². The van der Waals surface area contributed by atoms with Crippen LogP contribution in [-0.4, -0.2) is 35.7 Å². The normalized spacial score (nSPS) is 10.3. The summed E-state index contributed by atoms with van der Waals surface area (Å²) in [6, 6.07) is 0. The van der Waals surface area contributed by atoms with Crippen molar-refractivity contribution in [3.05, 3.63) is 16.0 Å². The van der Waals surface area contributed by atoms with Crippen molar-refractivity contribution in [2.75, 3.05) is 18.4 Å². The molecule has 1 rings (SSSR count). The maximum Gasteiger partial charge on any atom is 0.264 e. The zero-order chi connectivity index (χ0) is 16.2. The van der Waals surface area contributed by atoms with Crippen LogP contribution in [0.15, 0.2) is 0 Å². The third-order valence-electron chi connectivity index (χ3n) is 3.21. The number of nitrogens with one attached hydrogen (secondary N) is 1. The van der Waals surface area contributed by atoms with E-state index in [0.717, 1.165) is 11.3 Å². The molecule has 0 fully saturated rings. The first kappa shape index (κ1) is 17.2. The molecule has 0 aliphatic rings. The molecule has 6 nitrogen and oxygen atoms in total. The van der Waals surface area contributed by atoms with E-state index in [1.165, 1.54) is 0 Å². The van der Waals surface area contributed by atoms with E-state index in [4.69, 9.17) is 5.73 Å². The smallest absolute Gasteiger partial charge is 0.264 e. The molecule has 1 aromatic heterocycles. The van der Waals surface area contributed by atoms with Crippen molar-refractivity contribution in [2.24, 2.45) is 5.73 Å². The van der Waals surface area contributed by atoms with E-state index < -0.39 is 5.91 Å². The molecule has 0 aromatic carbocycles. The number of hydrogen-bond acceptors (Lipinski definition) is 4. The molecule has 0 radical (unpaired) electrons. The van der Waals surface area contributed by atoms with Gasteiger partial charge in [0.25, 0.3) is 11.8 Å². The van der Waals surface area contributed by atoms with Crippen molar-refractivity contribution in [2.45, 2.75) is 34.1 Å². The predicted molar refractivity (Wildman–Crippen MR) is 83.7 cm³/mol. The zero-order valence-electron chi connectivity index (χ0n) is 12.8. The molecule has 1 aromatic rings. The highest BCUT2D eigenvalue weighted by Crippen LogP contribution is 2.33. The Morgan fingerprint density at radius 2 is 1.76 bits per heavy atom. The van der Waals surface area contributed by atoms with Gasteiger partial charge in [0.15, 0.2) is 0 Å². The van der Waals surface area contributed by atoms with Crippen LogP contribution in [0.25, 0.3) is 0 Å². The van der Waals surface area contributed by atoms with Crippen LogP contribution in [0.4, 0.5) is 5.00 Å². The molecule has 116 valence electrons. The monoisotopic (exact) mass is 311 g/mol. The number of amides is 3. The highest BCUT2D eigenvalue weighted by molar-refractivity contribution is 7.18. The highest BCUT2D eigenvalue weighted by atomic mass is 32.1. The number of nitrogens with zero attached hydrogens (tertiary/aromatic N) is 1. The molecular weight excluding hydrogens is 290 g/mol. The lowest BCUT2D eigenvalue weighted by atomic mass is 10.1. The fourth-order valence-corrected chi connectivity index (χ4v) is 3.17. The quantitative estimate of drug-likeness (QED) is 0.841. The molecule has 0 atom stereocenters. The van der Waals surface area contributed by atoms with Crippen LogP contribution in [0.1, 0.15) is 52.8 Å². The number of primary amides is 1. The molecule has 0 aliphatic heterocycles. The van der Waals surface area contributed by atoms with Gasteiger partial charge in [-0.3, -0.25) is 14.4 Å². The van der Waals surface area contributed by atoms with E-state index in [1.807, 2.05) is 13.8 Å². The number of hydrogen-bond donors (Lipinski definition) is 2. The fourth-order valence-electron chi connectivity index (χ4n) is 1.97. The van der Waals surface area contributed by atoms with E-state index in [-0.39, 0.29) is 23.8 Å². The molecule has 0 bridgehead atoms. The third-order valence-corrected chi connectivity index (χ3v) is 4.41. The van der Waals surface area contributed by atoms with Gasteiger partial charge in [-0.25, -0.2) is 0 Å². The van der Waals surface area contributed by atoms with E-state index in [1.54, 1.807) is 18.7 Å². The fraction of sp³-hybridized carbons (Fsp3) is 0.500. The van der Waals surface area contributed by atoms with E-state index in [2.05, 4.69) is 5.32 Å². The number of thiophene rings is 1. The first-order valence-electron chi connectivity index (χ1n) is 6.89. The zero-order valence-corrected chi connectivity index (χ0v) is 13.6. The van der Waals surface area contributed by atoms with Crippen molar-refractivity contribution in [3.63, 3.8) is 0 Å². The molecule has 21 heavy (non-hydrogen) atoms. The SMILES string of the molecule is CCC(=O)Nc1sc(C(=O)N(CC)CC)c(C)c1C(N)=O. The number of rotatable bonds is 6. The van der Waals surface area contributed by atoms with Crippen molar-refractivity contribution >= 4 is 34.1 Å². The molecular formula is C14H21N3O3S. The van der Waals surface area contributed by atoms with Gasteiger partial charge in [0.1, 0.15) is 5.00 Å². The van der Waals surface area contributed by atoms with Gasteiger partial charge in [0.05, 0.1) is 10.4 Å². The predicted octanol–water partition coefficient (Wildman–Crippen LogP) is 1.99. The maximum absolute atomic E-state index is 12.4. The number of carbonyl (C=O) groups is 3. The van der Waals surface area contributed by atoms with Crippen LogP contribution in [0.3, 0.4) is 0 Å². The Hall–Kier alpha value is -1.89. The lowest BCUT2D eigenvalue weighted by Crippen LogP contribution is -2.30. The van der Waals surface area contributed by atoms with Crippen LogP contribution in [0.5, 0.6) is 0 Å². The average Bonchev–Trinajstić information content (AvgIpc) is 2.76. The van der Waals surface area contributed by atoms with E-state index in [9.17, 15) is 14.4 Å². The van der Waals surface area contributed by atoms with Crippen molar-refractivity contribution < 1.29 is 14.4 Å². The van der Waals surface area contributed by atoms with E-state index in [0.29, 0.717) is 28.5 Å². The van der Waals surface area contributed by atoms with Gasteiger partial charge in [-0.2, -0.15) is 0 Å². The van der Waals surface area contributed by atoms with Gasteiger partial charge in [0, 0.05) is 19.5 Å². The summed E-state index contributed by atoms with van der Waals surface area (Å²) in [6.45, 7) is 8.32. The maximum atomic E-state index is 12.4. The topological polar surface area (TPSA) is 92.5 Å². The highest BCUT2D eigenvalue weighted by Gasteiger charge is 2.26. The molecule has 1 heterocycles. The minimum absolute atomic E-state index is 0.151. The second-order valence-electron chi connectivity index (χ2n) is 4.50. The summed E-state index contributed by atoms with van der Waals surface area (Å²) < 4.78 is 0. The molecule has 7 heteroatoms. The van der Waals surface area contributed by atoms with Gasteiger partial charge in [-0.15, -0.1) is 11.3 Å². The first-order chi connectivity index (χ1) is 9.87. The van der Waals surface area contributed by atoms with Crippen molar-refractivity contribution in [1.29, 1.82) is 0 Å². The lowest BCUT2D eigenvalue weighted by molar-refractivity contribution is -0.115. The molecule has 3 amide bonds. The molecule has 0 saturated carbocycles. The summed E-state index contributed by atoms with van der Waals surface area (Å²) in [5.41, 5.74) is 6.12. The summed E-state index contributed by atoms with van der Waals surface area (Å²) in [7, 11) is 0. The number of anilines is 1. The van der Waals surface area contributed by atoms with Crippen LogP contribution in [-0.2, 0) is 4.79 Å². The Morgan fingerprint density at radius 1 is 1.19 bits per heavy atom. The van der Waals surface area contributed by atoms with Gasteiger partial charge >= 0.3 is 0 Å². The van der Waals surface area contributed by atoms with E-state index >= 15 is 0 Å². The van der Waals surface area contributed by atoms with Gasteiger partial charge in [-0.1, -0.05) is 6.92 Å². The van der Waals surface area contributed by atoms with Crippen molar-refractivity contribution in [1.82, 2.24) is 4.90 Å². The third kappa shape index (κ3) is 3.60. The van der Waals surface area contributed by atoms with Gasteiger partial charge in [-0.05, 0) is 26.3 Å². The summed E-state index contributed by atoms with van der Waals surface area (Å²) >= 11 is 1.10. The lowest BCUT2D eigenvalue weighted by Gasteiger charge is -2.17. The molecule has 3 N–H and O–H groups in total. The largest absolute Gasteiger partial charge is 0.365 e. The molecule has 0 aliphatic carbocycles. The Labute approximate surface area is 128 Å². The molecule has 0 saturated heterocycles. The van der Waals surface area contributed by atoms with Crippen molar-refractivity contribution in [3.8, 4) is 0 Å². The van der Waals surface area contributed by atoms with Crippen LogP contribution in [0.2, 0.25) is 0 Å². The standard InChI is InChI=1S/C14H21N3O3S/c1-5-9(18)16-13-10(12(15)19)8(4)11(21-13)14(20)17(6-2)7-3/h5-7H2,1-4H3,(H2,15,19)(H,16,18). The Morgan fingerprint density at radius 3 is 2.19 bits per heavy atom. The molecule has 0 spiro atoms. The average molecular weight is 311 g/mol. The van der Waals surface area contributed by atoms with Crippen LogP contribution >= 0.6 is 11.3 Å². The first-order valence-corrected chi connectivity index (χ1v) is 7.71.